The first-order valence-electron chi connectivity index (χ1n) is 6.42. The molecule has 17 heavy (non-hydrogen) atoms. The third kappa shape index (κ3) is 2.87. The van der Waals surface area contributed by atoms with Crippen molar-refractivity contribution in [1.29, 1.82) is 0 Å². The highest BCUT2D eigenvalue weighted by molar-refractivity contribution is 4.95. The third-order valence-corrected chi connectivity index (χ3v) is 3.99. The number of imidazole rings is 1. The Balaban J connectivity index is 1.78. The third-order valence-electron chi connectivity index (χ3n) is 3.99. The van der Waals surface area contributed by atoms with E-state index in [0.29, 0.717) is 0 Å². The summed E-state index contributed by atoms with van der Waals surface area (Å²) in [7, 11) is 3.83. The summed E-state index contributed by atoms with van der Waals surface area (Å²) in [5.74, 6) is 1.11. The minimum absolute atomic E-state index is 0.0844. The van der Waals surface area contributed by atoms with E-state index in [4.69, 9.17) is 10.5 Å². The molecule has 0 saturated heterocycles. The van der Waals surface area contributed by atoms with Gasteiger partial charge in [0, 0.05) is 39.0 Å². The van der Waals surface area contributed by atoms with Crippen LogP contribution in [0.15, 0.2) is 12.4 Å². The molecule has 1 aromatic rings. The van der Waals surface area contributed by atoms with Crippen molar-refractivity contribution in [3.8, 4) is 0 Å². The van der Waals surface area contributed by atoms with Crippen LogP contribution >= 0.6 is 0 Å². The van der Waals surface area contributed by atoms with Crippen molar-refractivity contribution in [2.24, 2.45) is 12.8 Å². The van der Waals surface area contributed by atoms with Crippen LogP contribution in [0.1, 0.15) is 37.9 Å². The largest absolute Gasteiger partial charge is 0.378 e. The van der Waals surface area contributed by atoms with Gasteiger partial charge in [-0.25, -0.2) is 4.98 Å². The molecule has 0 amide bonds. The lowest BCUT2D eigenvalue weighted by atomic mass is 9.75. The number of hydrogen-bond acceptors (Lipinski definition) is 3. The van der Waals surface area contributed by atoms with E-state index in [-0.39, 0.29) is 11.6 Å². The summed E-state index contributed by atoms with van der Waals surface area (Å²) in [6, 6.07) is 0.215. The van der Waals surface area contributed by atoms with Crippen molar-refractivity contribution in [3.63, 3.8) is 0 Å². The molecule has 2 rings (SSSR count). The average molecular weight is 237 g/mol. The molecule has 0 aliphatic heterocycles. The molecule has 1 aliphatic rings. The second-order valence-corrected chi connectivity index (χ2v) is 5.20. The molecule has 4 nitrogen and oxygen atoms in total. The molecular formula is C13H23N3O. The van der Waals surface area contributed by atoms with Gasteiger partial charge in [0.15, 0.2) is 0 Å². The van der Waals surface area contributed by atoms with Crippen LogP contribution in [-0.2, 0) is 18.2 Å². The van der Waals surface area contributed by atoms with E-state index in [1.807, 2.05) is 26.6 Å². The fourth-order valence-corrected chi connectivity index (χ4v) is 2.59. The Bertz CT molecular complexity index is 352. The Morgan fingerprint density at radius 2 is 2.35 bits per heavy atom. The van der Waals surface area contributed by atoms with Crippen molar-refractivity contribution < 1.29 is 4.74 Å². The molecule has 4 heteroatoms. The maximum absolute atomic E-state index is 6.19. The van der Waals surface area contributed by atoms with E-state index >= 15 is 0 Å². The van der Waals surface area contributed by atoms with Crippen LogP contribution in [0.2, 0.25) is 0 Å². The summed E-state index contributed by atoms with van der Waals surface area (Å²) >= 11 is 0. The van der Waals surface area contributed by atoms with E-state index in [2.05, 4.69) is 9.55 Å². The lowest BCUT2D eigenvalue weighted by Crippen LogP contribution is -2.44. The number of ether oxygens (including phenoxy) is 1. The van der Waals surface area contributed by atoms with Gasteiger partial charge >= 0.3 is 0 Å². The van der Waals surface area contributed by atoms with Gasteiger partial charge in [-0.1, -0.05) is 0 Å². The molecule has 1 saturated carbocycles. The summed E-state index contributed by atoms with van der Waals surface area (Å²) in [4.78, 5) is 4.31. The zero-order valence-electron chi connectivity index (χ0n) is 10.9. The molecule has 1 fully saturated rings. The topological polar surface area (TPSA) is 53.1 Å². The molecular weight excluding hydrogens is 214 g/mol. The Kier molecular flexibility index (Phi) is 3.84. The number of nitrogens with zero attached hydrogens (tertiary/aromatic N) is 2. The molecule has 1 aromatic heterocycles. The van der Waals surface area contributed by atoms with Crippen molar-refractivity contribution in [1.82, 2.24) is 9.55 Å². The van der Waals surface area contributed by atoms with Gasteiger partial charge in [-0.3, -0.25) is 0 Å². The van der Waals surface area contributed by atoms with Gasteiger partial charge in [0.1, 0.15) is 5.82 Å². The molecule has 0 aromatic carbocycles. The fraction of sp³-hybridized carbons (Fsp3) is 0.769. The highest BCUT2D eigenvalue weighted by Gasteiger charge is 2.38. The summed E-state index contributed by atoms with van der Waals surface area (Å²) in [5.41, 5.74) is 6.28. The highest BCUT2D eigenvalue weighted by Crippen LogP contribution is 2.38. The van der Waals surface area contributed by atoms with Gasteiger partial charge in [-0.05, 0) is 32.1 Å². The van der Waals surface area contributed by atoms with Crippen LogP contribution in [0.3, 0.4) is 0 Å². The van der Waals surface area contributed by atoms with Crippen LogP contribution in [-0.4, -0.2) is 28.3 Å². The molecule has 0 spiro atoms. The van der Waals surface area contributed by atoms with Gasteiger partial charge in [0.25, 0.3) is 0 Å². The Morgan fingerprint density at radius 3 is 2.82 bits per heavy atom. The van der Waals surface area contributed by atoms with Crippen LogP contribution in [0.5, 0.6) is 0 Å². The molecule has 1 atom stereocenters. The molecule has 1 aliphatic carbocycles. The van der Waals surface area contributed by atoms with E-state index in [1.165, 1.54) is 19.3 Å². The second-order valence-electron chi connectivity index (χ2n) is 5.20. The Morgan fingerprint density at radius 1 is 1.59 bits per heavy atom. The molecule has 1 heterocycles. The summed E-state index contributed by atoms with van der Waals surface area (Å²) in [6.45, 7) is 0. The van der Waals surface area contributed by atoms with E-state index in [1.54, 1.807) is 0 Å². The lowest BCUT2D eigenvalue weighted by Gasteiger charge is -2.42. The van der Waals surface area contributed by atoms with Crippen LogP contribution in [0.4, 0.5) is 0 Å². The first-order valence-corrected chi connectivity index (χ1v) is 6.42. The number of rotatable bonds is 6. The summed E-state index contributed by atoms with van der Waals surface area (Å²) in [6.07, 6.45) is 10.3. The molecule has 1 unspecified atom stereocenters. The first-order chi connectivity index (χ1) is 8.15. The van der Waals surface area contributed by atoms with Crippen molar-refractivity contribution >= 4 is 0 Å². The predicted molar refractivity (Wildman–Crippen MR) is 67.7 cm³/mol. The van der Waals surface area contributed by atoms with Crippen molar-refractivity contribution in [2.75, 3.05) is 7.11 Å². The van der Waals surface area contributed by atoms with Crippen molar-refractivity contribution in [2.45, 2.75) is 50.2 Å². The molecule has 2 N–H and O–H groups in total. The summed E-state index contributed by atoms with van der Waals surface area (Å²) < 4.78 is 7.66. The Labute approximate surface area is 103 Å². The smallest absolute Gasteiger partial charge is 0.108 e. The standard InChI is InChI=1S/C13H23N3O/c1-16-9-8-15-12(16)5-4-11(14)10-13(17-2)6-3-7-13/h8-9,11H,3-7,10,14H2,1-2H3. The number of hydrogen-bond donors (Lipinski definition) is 1. The normalized spacial score (nSPS) is 19.9. The quantitative estimate of drug-likeness (QED) is 0.818. The lowest BCUT2D eigenvalue weighted by molar-refractivity contribution is -0.0817. The van der Waals surface area contributed by atoms with Crippen LogP contribution < -0.4 is 5.73 Å². The fourth-order valence-electron chi connectivity index (χ4n) is 2.59. The zero-order valence-corrected chi connectivity index (χ0v) is 10.9. The van der Waals surface area contributed by atoms with Gasteiger partial charge < -0.3 is 15.0 Å². The zero-order chi connectivity index (χ0) is 12.3. The highest BCUT2D eigenvalue weighted by atomic mass is 16.5. The second kappa shape index (κ2) is 5.19. The monoisotopic (exact) mass is 237 g/mol. The van der Waals surface area contributed by atoms with Crippen LogP contribution in [0, 0.1) is 0 Å². The van der Waals surface area contributed by atoms with E-state index in [0.717, 1.165) is 25.1 Å². The molecule has 96 valence electrons. The minimum Gasteiger partial charge on any atom is -0.378 e. The number of methoxy groups -OCH3 is 1. The molecule has 0 radical (unpaired) electrons. The summed E-state index contributed by atoms with van der Waals surface area (Å²) in [5, 5.41) is 0. The SMILES string of the molecule is COC1(CC(N)CCc2nccn2C)CCC1. The molecule has 0 bridgehead atoms. The predicted octanol–water partition coefficient (Wildman–Crippen LogP) is 1.64. The van der Waals surface area contributed by atoms with Crippen LogP contribution in [0.25, 0.3) is 0 Å². The van der Waals surface area contributed by atoms with Gasteiger partial charge in [0.2, 0.25) is 0 Å². The van der Waals surface area contributed by atoms with E-state index in [9.17, 15) is 0 Å². The number of aryl methyl sites for hydroxylation is 2. The average Bonchev–Trinajstić information content (AvgIpc) is 2.67. The van der Waals surface area contributed by atoms with Gasteiger partial charge in [0.05, 0.1) is 5.60 Å². The first kappa shape index (κ1) is 12.6. The number of nitrogens with two attached hydrogens (primary N) is 1. The van der Waals surface area contributed by atoms with Gasteiger partial charge in [-0.15, -0.1) is 0 Å². The van der Waals surface area contributed by atoms with Crippen molar-refractivity contribution in [3.05, 3.63) is 18.2 Å². The minimum atomic E-state index is 0.0844. The maximum atomic E-state index is 6.19. The Hall–Kier alpha value is -0.870. The van der Waals surface area contributed by atoms with E-state index < -0.39 is 0 Å². The maximum Gasteiger partial charge on any atom is 0.108 e. The number of aromatic nitrogens is 2. The van der Waals surface area contributed by atoms with Gasteiger partial charge in [-0.2, -0.15) is 0 Å².